The van der Waals surface area contributed by atoms with E-state index in [2.05, 4.69) is 10.3 Å². The third-order valence-corrected chi connectivity index (χ3v) is 2.62. The summed E-state index contributed by atoms with van der Waals surface area (Å²) >= 11 is 0. The van der Waals surface area contributed by atoms with Gasteiger partial charge >= 0.3 is 5.69 Å². The number of hydrogen-bond acceptors (Lipinski definition) is 7. The third-order valence-electron chi connectivity index (χ3n) is 2.62. The summed E-state index contributed by atoms with van der Waals surface area (Å²) in [5.41, 5.74) is -0.480. The molecule has 0 aliphatic carbocycles. The van der Waals surface area contributed by atoms with E-state index >= 15 is 0 Å². The smallest absolute Gasteiger partial charge is 0.318 e. The van der Waals surface area contributed by atoms with Gasteiger partial charge in [-0.15, -0.1) is 0 Å². The number of anilines is 2. The number of pyridine rings is 1. The first-order valence-corrected chi connectivity index (χ1v) is 5.72. The fraction of sp³-hybridized carbons (Fsp3) is 0.0833. The lowest BCUT2D eigenvalue weighted by molar-refractivity contribution is -0.394. The summed E-state index contributed by atoms with van der Waals surface area (Å²) in [7, 11) is 1.46. The second kappa shape index (κ2) is 5.82. The van der Waals surface area contributed by atoms with Crippen molar-refractivity contribution in [2.75, 3.05) is 12.4 Å². The second-order valence-electron chi connectivity index (χ2n) is 3.90. The van der Waals surface area contributed by atoms with Gasteiger partial charge in [0.1, 0.15) is 11.9 Å². The highest BCUT2D eigenvalue weighted by atomic mass is 16.6. The zero-order valence-corrected chi connectivity index (χ0v) is 10.8. The molecule has 9 heteroatoms. The van der Waals surface area contributed by atoms with Crippen molar-refractivity contribution in [3.8, 4) is 5.75 Å². The number of methoxy groups -OCH3 is 1. The molecular weight excluding hydrogens is 280 g/mol. The monoisotopic (exact) mass is 290 g/mol. The van der Waals surface area contributed by atoms with Crippen LogP contribution in [-0.2, 0) is 0 Å². The van der Waals surface area contributed by atoms with E-state index in [-0.39, 0.29) is 5.82 Å². The average molecular weight is 290 g/mol. The zero-order chi connectivity index (χ0) is 15.4. The number of hydrogen-bond donors (Lipinski definition) is 1. The first-order valence-electron chi connectivity index (χ1n) is 5.72. The number of aromatic nitrogens is 1. The molecule has 1 aromatic heterocycles. The van der Waals surface area contributed by atoms with E-state index in [4.69, 9.17) is 4.74 Å². The molecule has 0 aliphatic rings. The van der Waals surface area contributed by atoms with Crippen molar-refractivity contribution in [3.63, 3.8) is 0 Å². The van der Waals surface area contributed by atoms with Crippen LogP contribution in [0.5, 0.6) is 5.75 Å². The lowest BCUT2D eigenvalue weighted by Crippen LogP contribution is -2.02. The van der Waals surface area contributed by atoms with Gasteiger partial charge in [0.25, 0.3) is 5.69 Å². The van der Waals surface area contributed by atoms with Crippen LogP contribution in [0, 0.1) is 20.2 Å². The summed E-state index contributed by atoms with van der Waals surface area (Å²) in [4.78, 5) is 23.9. The Morgan fingerprint density at radius 1 is 1.19 bits per heavy atom. The van der Waals surface area contributed by atoms with E-state index in [0.717, 1.165) is 12.3 Å². The quantitative estimate of drug-likeness (QED) is 0.663. The molecule has 1 aromatic carbocycles. The predicted octanol–water partition coefficient (Wildman–Crippen LogP) is 2.65. The van der Waals surface area contributed by atoms with Gasteiger partial charge in [-0.2, -0.15) is 0 Å². The van der Waals surface area contributed by atoms with Crippen molar-refractivity contribution in [3.05, 3.63) is 56.8 Å². The lowest BCUT2D eigenvalue weighted by Gasteiger charge is -2.10. The Balaban J connectivity index is 2.44. The molecule has 0 unspecified atom stereocenters. The van der Waals surface area contributed by atoms with Crippen LogP contribution in [0.4, 0.5) is 22.9 Å². The first kappa shape index (κ1) is 14.2. The van der Waals surface area contributed by atoms with Gasteiger partial charge in [-0.05, 0) is 12.1 Å². The van der Waals surface area contributed by atoms with Gasteiger partial charge in [0, 0.05) is 0 Å². The molecule has 0 spiro atoms. The SMILES string of the molecule is COc1ccccc1Nc1ncc([N+](=O)[O-])cc1[N+](=O)[O-]. The van der Waals surface area contributed by atoms with Gasteiger partial charge in [-0.1, -0.05) is 12.1 Å². The van der Waals surface area contributed by atoms with Crippen LogP contribution in [0.1, 0.15) is 0 Å². The fourth-order valence-electron chi connectivity index (χ4n) is 1.65. The van der Waals surface area contributed by atoms with Crippen LogP contribution in [-0.4, -0.2) is 21.9 Å². The Labute approximate surface area is 118 Å². The highest BCUT2D eigenvalue weighted by Gasteiger charge is 2.21. The maximum Gasteiger partial charge on any atom is 0.318 e. The first-order chi connectivity index (χ1) is 10.0. The average Bonchev–Trinajstić information content (AvgIpc) is 2.47. The molecule has 1 heterocycles. The molecule has 2 rings (SSSR count). The number of para-hydroxylation sites is 2. The molecule has 9 nitrogen and oxygen atoms in total. The second-order valence-corrected chi connectivity index (χ2v) is 3.90. The Morgan fingerprint density at radius 2 is 1.90 bits per heavy atom. The Bertz CT molecular complexity index is 704. The molecule has 0 saturated carbocycles. The standard InChI is InChI=1S/C12H10N4O5/c1-21-11-5-3-2-4-9(11)14-12-10(16(19)20)6-8(7-13-12)15(17)18/h2-7H,1H3,(H,13,14). The number of nitro groups is 2. The molecule has 0 amide bonds. The van der Waals surface area contributed by atoms with Crippen LogP contribution in [0.3, 0.4) is 0 Å². The van der Waals surface area contributed by atoms with Crippen LogP contribution >= 0.6 is 0 Å². The number of nitrogens with one attached hydrogen (secondary N) is 1. The van der Waals surface area contributed by atoms with Crippen LogP contribution < -0.4 is 10.1 Å². The summed E-state index contributed by atoms with van der Waals surface area (Å²) in [6, 6.07) is 7.61. The summed E-state index contributed by atoms with van der Waals surface area (Å²) < 4.78 is 5.11. The van der Waals surface area contributed by atoms with Crippen molar-refractivity contribution < 1.29 is 14.6 Å². The van der Waals surface area contributed by atoms with E-state index in [1.807, 2.05) is 0 Å². The summed E-state index contributed by atoms with van der Waals surface area (Å²) in [5, 5.41) is 24.4. The van der Waals surface area contributed by atoms with Crippen molar-refractivity contribution >= 4 is 22.9 Å². The molecular formula is C12H10N4O5. The molecule has 0 atom stereocenters. The lowest BCUT2D eigenvalue weighted by atomic mass is 10.2. The molecule has 0 fully saturated rings. The van der Waals surface area contributed by atoms with E-state index in [0.29, 0.717) is 11.4 Å². The maximum atomic E-state index is 11.0. The summed E-state index contributed by atoms with van der Waals surface area (Å²) in [6.07, 6.45) is 0.949. The Hall–Kier alpha value is -3.23. The number of nitrogens with zero attached hydrogens (tertiary/aromatic N) is 3. The zero-order valence-electron chi connectivity index (χ0n) is 10.8. The molecule has 1 N–H and O–H groups in total. The van der Waals surface area contributed by atoms with Gasteiger partial charge < -0.3 is 10.1 Å². The highest BCUT2D eigenvalue weighted by molar-refractivity contribution is 5.70. The van der Waals surface area contributed by atoms with Crippen molar-refractivity contribution in [2.24, 2.45) is 0 Å². The van der Waals surface area contributed by atoms with Crippen molar-refractivity contribution in [1.29, 1.82) is 0 Å². The Morgan fingerprint density at radius 3 is 2.52 bits per heavy atom. The van der Waals surface area contributed by atoms with Gasteiger partial charge in [-0.25, -0.2) is 4.98 Å². The molecule has 21 heavy (non-hydrogen) atoms. The Kier molecular flexibility index (Phi) is 3.93. The molecule has 0 bridgehead atoms. The fourth-order valence-corrected chi connectivity index (χ4v) is 1.65. The molecule has 2 aromatic rings. The van der Waals surface area contributed by atoms with Gasteiger partial charge in [0.05, 0.1) is 28.7 Å². The van der Waals surface area contributed by atoms with E-state index in [1.54, 1.807) is 24.3 Å². The van der Waals surface area contributed by atoms with E-state index in [1.165, 1.54) is 7.11 Å². The van der Waals surface area contributed by atoms with E-state index in [9.17, 15) is 20.2 Å². The minimum Gasteiger partial charge on any atom is -0.495 e. The van der Waals surface area contributed by atoms with Gasteiger partial charge in [0.15, 0.2) is 0 Å². The predicted molar refractivity (Wildman–Crippen MR) is 73.8 cm³/mol. The van der Waals surface area contributed by atoms with Gasteiger partial charge in [-0.3, -0.25) is 20.2 Å². The van der Waals surface area contributed by atoms with Crippen LogP contribution in [0.25, 0.3) is 0 Å². The summed E-state index contributed by atoms with van der Waals surface area (Å²) in [5.74, 6) is 0.363. The highest BCUT2D eigenvalue weighted by Crippen LogP contribution is 2.32. The largest absolute Gasteiger partial charge is 0.495 e. The molecule has 108 valence electrons. The number of ether oxygens (including phenoxy) is 1. The molecule has 0 aliphatic heterocycles. The van der Waals surface area contributed by atoms with Crippen LogP contribution in [0.15, 0.2) is 36.5 Å². The minimum absolute atomic E-state index is 0.102. The maximum absolute atomic E-state index is 11.0. The van der Waals surface area contributed by atoms with Crippen molar-refractivity contribution in [1.82, 2.24) is 4.98 Å². The molecule has 0 radical (unpaired) electrons. The van der Waals surface area contributed by atoms with Crippen molar-refractivity contribution in [2.45, 2.75) is 0 Å². The van der Waals surface area contributed by atoms with E-state index < -0.39 is 21.2 Å². The summed E-state index contributed by atoms with van der Waals surface area (Å²) in [6.45, 7) is 0. The topological polar surface area (TPSA) is 120 Å². The molecule has 0 saturated heterocycles. The van der Waals surface area contributed by atoms with Crippen LogP contribution in [0.2, 0.25) is 0 Å². The normalized spacial score (nSPS) is 9.95. The van der Waals surface area contributed by atoms with Gasteiger partial charge in [0.2, 0.25) is 5.82 Å². The third kappa shape index (κ3) is 3.03. The minimum atomic E-state index is -0.743. The number of rotatable bonds is 5. The number of benzene rings is 1.